The van der Waals surface area contributed by atoms with Gasteiger partial charge in [0, 0.05) is 6.42 Å². The van der Waals surface area contributed by atoms with E-state index in [1.54, 1.807) is 20.8 Å². The SMILES string of the molecule is CC(C)(C)OC(=O)N[C@@H](CC(=O)C(C#N)=P(c1ccccc1)(c1ccccc1)c1ccccc1)C(=O)O. The van der Waals surface area contributed by atoms with Gasteiger partial charge >= 0.3 is 12.1 Å². The molecule has 0 aromatic heterocycles. The molecule has 0 heterocycles. The molecule has 0 aliphatic heterocycles. The summed E-state index contributed by atoms with van der Waals surface area (Å²) in [6.45, 7) is 1.93. The number of nitrogens with one attached hydrogen (secondary N) is 1. The number of alkyl carbamates (subject to hydrolysis) is 1. The lowest BCUT2D eigenvalue weighted by Crippen LogP contribution is -2.45. The van der Waals surface area contributed by atoms with Gasteiger partial charge in [-0.15, -0.1) is 0 Å². The number of carbonyl (C=O) groups excluding carboxylic acids is 2. The number of hydrogen-bond acceptors (Lipinski definition) is 5. The summed E-state index contributed by atoms with van der Waals surface area (Å²) in [4.78, 5) is 38.1. The fourth-order valence-corrected chi connectivity index (χ4v) is 8.19. The largest absolute Gasteiger partial charge is 0.480 e. The molecule has 3 rings (SSSR count). The lowest BCUT2D eigenvalue weighted by molar-refractivity contribution is -0.140. The first kappa shape index (κ1) is 27.4. The first-order valence-corrected chi connectivity index (χ1v) is 13.5. The Morgan fingerprint density at radius 2 is 1.27 bits per heavy atom. The molecule has 190 valence electrons. The molecular weight excluding hydrogens is 487 g/mol. The molecule has 0 radical (unpaired) electrons. The number of aliphatic carboxylic acids is 1. The standard InChI is InChI=1S/C29H29N2O5P/c1-29(2,3)36-28(35)31-24(27(33)34)19-25(32)26(20-30)37(21-13-7-4-8-14-21,22-15-9-5-10-16-22)23-17-11-6-12-18-23/h4-18,24H,19H2,1-3H3,(H,31,35)(H,33,34)/t24-/m0/s1. The summed E-state index contributed by atoms with van der Waals surface area (Å²) in [5, 5.41) is 24.8. The Labute approximate surface area is 216 Å². The summed E-state index contributed by atoms with van der Waals surface area (Å²) in [7, 11) is 0. The first-order valence-electron chi connectivity index (χ1n) is 11.7. The third-order valence-electron chi connectivity index (χ3n) is 5.51. The highest BCUT2D eigenvalue weighted by atomic mass is 31.2. The quantitative estimate of drug-likeness (QED) is 0.442. The number of ketones is 1. The number of benzene rings is 3. The van der Waals surface area contributed by atoms with Crippen LogP contribution in [0, 0.1) is 11.3 Å². The van der Waals surface area contributed by atoms with Crippen molar-refractivity contribution < 1.29 is 24.2 Å². The second-order valence-electron chi connectivity index (χ2n) is 9.30. The molecule has 3 aromatic carbocycles. The van der Waals surface area contributed by atoms with Crippen LogP contribution >= 0.6 is 6.89 Å². The number of Topliss-reactive ketones (excluding diaryl/α,β-unsaturated/α-hetero) is 1. The zero-order valence-electron chi connectivity index (χ0n) is 20.9. The number of carboxylic acid groups (broad SMARTS) is 1. The Morgan fingerprint density at radius 3 is 1.59 bits per heavy atom. The third kappa shape index (κ3) is 6.35. The Kier molecular flexibility index (Phi) is 8.70. The molecule has 0 saturated carbocycles. The van der Waals surface area contributed by atoms with Crippen molar-refractivity contribution >= 4 is 45.9 Å². The summed E-state index contributed by atoms with van der Waals surface area (Å²) in [6, 6.07) is 28.5. The van der Waals surface area contributed by atoms with E-state index in [-0.39, 0.29) is 5.29 Å². The topological polar surface area (TPSA) is 116 Å². The van der Waals surface area contributed by atoms with Gasteiger partial charge in [-0.1, -0.05) is 91.0 Å². The van der Waals surface area contributed by atoms with Crippen molar-refractivity contribution in [2.24, 2.45) is 0 Å². The average molecular weight is 517 g/mol. The zero-order chi connectivity index (χ0) is 27.1. The lowest BCUT2D eigenvalue weighted by atomic mass is 10.1. The molecule has 0 bridgehead atoms. The summed E-state index contributed by atoms with van der Waals surface area (Å²) in [5.74, 6) is -2.06. The monoisotopic (exact) mass is 516 g/mol. The lowest BCUT2D eigenvalue weighted by Gasteiger charge is -2.30. The minimum absolute atomic E-state index is 0.0478. The van der Waals surface area contributed by atoms with Crippen LogP contribution < -0.4 is 21.2 Å². The van der Waals surface area contributed by atoms with Gasteiger partial charge < -0.3 is 15.2 Å². The van der Waals surface area contributed by atoms with E-state index < -0.39 is 42.8 Å². The van der Waals surface area contributed by atoms with Crippen LogP contribution in [-0.4, -0.2) is 39.9 Å². The maximum absolute atomic E-state index is 13.8. The highest BCUT2D eigenvalue weighted by molar-refractivity contribution is 7.96. The molecular formula is C29H29N2O5P. The third-order valence-corrected chi connectivity index (χ3v) is 9.75. The van der Waals surface area contributed by atoms with Gasteiger partial charge in [0.1, 0.15) is 23.0 Å². The van der Waals surface area contributed by atoms with Crippen LogP contribution in [0.5, 0.6) is 0 Å². The van der Waals surface area contributed by atoms with Crippen molar-refractivity contribution in [1.82, 2.24) is 5.32 Å². The summed E-state index contributed by atoms with van der Waals surface area (Å²) in [5.41, 5.74) is -0.851. The number of ether oxygens (including phenoxy) is 1. The van der Waals surface area contributed by atoms with E-state index in [1.807, 2.05) is 91.0 Å². The molecule has 1 amide bonds. The molecule has 37 heavy (non-hydrogen) atoms. The van der Waals surface area contributed by atoms with Gasteiger partial charge in [-0.05, 0) is 43.6 Å². The number of hydrogen-bond donors (Lipinski definition) is 2. The number of amides is 1. The number of rotatable bonds is 8. The Bertz CT molecular complexity index is 1250. The Balaban J connectivity index is 2.25. The molecule has 0 aliphatic rings. The van der Waals surface area contributed by atoms with Crippen LogP contribution in [-0.2, 0) is 14.3 Å². The Hall–Kier alpha value is -4.14. The smallest absolute Gasteiger partial charge is 0.408 e. The molecule has 0 spiro atoms. The summed E-state index contributed by atoms with van der Waals surface area (Å²) in [6.07, 6.45) is -1.56. The second kappa shape index (κ2) is 11.7. The highest BCUT2D eigenvalue weighted by Crippen LogP contribution is 2.46. The van der Waals surface area contributed by atoms with Gasteiger partial charge in [-0.25, -0.2) is 9.59 Å². The van der Waals surface area contributed by atoms with Crippen molar-refractivity contribution in [1.29, 1.82) is 5.26 Å². The number of nitrogens with zero attached hydrogens (tertiary/aromatic N) is 1. The summed E-state index contributed by atoms with van der Waals surface area (Å²) < 4.78 is 5.17. The van der Waals surface area contributed by atoms with Crippen LogP contribution in [0.3, 0.4) is 0 Å². The van der Waals surface area contributed by atoms with Crippen LogP contribution in [0.15, 0.2) is 91.0 Å². The minimum atomic E-state index is -3.00. The van der Waals surface area contributed by atoms with Crippen molar-refractivity contribution in [3.63, 3.8) is 0 Å². The maximum atomic E-state index is 13.8. The minimum Gasteiger partial charge on any atom is -0.480 e. The summed E-state index contributed by atoms with van der Waals surface area (Å²) >= 11 is 0. The van der Waals surface area contributed by atoms with Gasteiger partial charge in [0.15, 0.2) is 5.78 Å². The van der Waals surface area contributed by atoms with Crippen LogP contribution in [0.25, 0.3) is 0 Å². The fourth-order valence-electron chi connectivity index (χ4n) is 4.05. The number of carbonyl (C=O) groups is 3. The van der Waals surface area contributed by atoms with E-state index in [0.717, 1.165) is 15.9 Å². The molecule has 0 aliphatic carbocycles. The average Bonchev–Trinajstić information content (AvgIpc) is 2.87. The van der Waals surface area contributed by atoms with Crippen molar-refractivity contribution in [2.45, 2.75) is 38.8 Å². The number of carboxylic acids is 1. The fraction of sp³-hybridized carbons (Fsp3) is 0.207. The highest BCUT2D eigenvalue weighted by Gasteiger charge is 2.35. The van der Waals surface area contributed by atoms with Crippen molar-refractivity contribution in [3.8, 4) is 6.07 Å². The molecule has 1 atom stereocenters. The molecule has 2 N–H and O–H groups in total. The van der Waals surface area contributed by atoms with E-state index in [0.29, 0.717) is 0 Å². The van der Waals surface area contributed by atoms with Gasteiger partial charge in [0.2, 0.25) is 0 Å². The normalized spacial score (nSPS) is 12.1. The van der Waals surface area contributed by atoms with Gasteiger partial charge in [-0.3, -0.25) is 4.79 Å². The number of nitriles is 1. The van der Waals surface area contributed by atoms with Crippen LogP contribution in [0.1, 0.15) is 27.2 Å². The van der Waals surface area contributed by atoms with E-state index in [1.165, 1.54) is 0 Å². The van der Waals surface area contributed by atoms with Gasteiger partial charge in [-0.2, -0.15) is 5.26 Å². The van der Waals surface area contributed by atoms with E-state index >= 15 is 0 Å². The predicted octanol–water partition coefficient (Wildman–Crippen LogP) is 3.61. The molecule has 3 aromatic rings. The molecule has 0 fully saturated rings. The first-order chi connectivity index (χ1) is 17.6. The predicted molar refractivity (Wildman–Crippen MR) is 146 cm³/mol. The maximum Gasteiger partial charge on any atom is 0.408 e. The van der Waals surface area contributed by atoms with Gasteiger partial charge in [0.25, 0.3) is 0 Å². The van der Waals surface area contributed by atoms with E-state index in [9.17, 15) is 24.8 Å². The van der Waals surface area contributed by atoms with Crippen LogP contribution in [0.2, 0.25) is 0 Å². The Morgan fingerprint density at radius 1 is 0.865 bits per heavy atom. The van der Waals surface area contributed by atoms with Crippen molar-refractivity contribution in [3.05, 3.63) is 91.0 Å². The molecule has 0 unspecified atom stereocenters. The van der Waals surface area contributed by atoms with E-state index in [4.69, 9.17) is 4.74 Å². The van der Waals surface area contributed by atoms with E-state index in [2.05, 4.69) is 11.4 Å². The molecule has 8 heteroatoms. The second-order valence-corrected chi connectivity index (χ2v) is 12.6. The van der Waals surface area contributed by atoms with Crippen molar-refractivity contribution in [2.75, 3.05) is 0 Å². The molecule has 7 nitrogen and oxygen atoms in total. The molecule has 0 saturated heterocycles. The zero-order valence-corrected chi connectivity index (χ0v) is 21.8. The van der Waals surface area contributed by atoms with Gasteiger partial charge in [0.05, 0.1) is 0 Å². The van der Waals surface area contributed by atoms with Crippen LogP contribution in [0.4, 0.5) is 4.79 Å².